The Kier molecular flexibility index (Phi) is 6.06. The van der Waals surface area contributed by atoms with Crippen molar-refractivity contribution < 1.29 is 23.5 Å². The number of alkyl halides is 2. The van der Waals surface area contributed by atoms with Gasteiger partial charge in [0.15, 0.2) is 5.78 Å². The van der Waals surface area contributed by atoms with Gasteiger partial charge in [-0.2, -0.15) is 5.26 Å². The molecule has 0 amide bonds. The van der Waals surface area contributed by atoms with Crippen molar-refractivity contribution in [2.45, 2.75) is 44.7 Å². The number of benzene rings is 1. The zero-order valence-electron chi connectivity index (χ0n) is 17.2. The van der Waals surface area contributed by atoms with E-state index >= 15 is 0 Å². The molecule has 2 aliphatic heterocycles. The minimum atomic E-state index is -3.14. The van der Waals surface area contributed by atoms with Crippen molar-refractivity contribution in [3.05, 3.63) is 40.5 Å². The lowest BCUT2D eigenvalue weighted by Gasteiger charge is -2.41. The number of likely N-dealkylation sites (N-methyl/N-ethyl adjacent to an activating group) is 1. The van der Waals surface area contributed by atoms with E-state index in [1.165, 1.54) is 11.9 Å². The van der Waals surface area contributed by atoms with E-state index in [2.05, 4.69) is 11.4 Å². The number of carboxylic acid groups (broad SMARTS) is 1. The Morgan fingerprint density at radius 3 is 2.50 bits per heavy atom. The van der Waals surface area contributed by atoms with E-state index in [1.54, 1.807) is 0 Å². The van der Waals surface area contributed by atoms with Crippen LogP contribution in [0.4, 0.5) is 8.78 Å². The standard InChI is InChI=1S/C22H25F2N3O3/c1-12-6-15(7-13(2)17(12)10-25)14-4-5-26-18(8-14)20(28)19-16(21(29)30)9-22(23,24)11-27(19)3/h4,6-7,16,18-19,26H,5,8-9,11H2,1-3H3,(H,29,30)/t16-,18?,19-/m0/s1. The third kappa shape index (κ3) is 4.27. The van der Waals surface area contributed by atoms with Crippen molar-refractivity contribution in [1.82, 2.24) is 10.2 Å². The first-order valence-corrected chi connectivity index (χ1v) is 9.83. The van der Waals surface area contributed by atoms with Gasteiger partial charge in [0.1, 0.15) is 0 Å². The highest BCUT2D eigenvalue weighted by Gasteiger charge is 2.51. The van der Waals surface area contributed by atoms with Crippen LogP contribution in [0.15, 0.2) is 18.2 Å². The zero-order valence-corrected chi connectivity index (χ0v) is 17.2. The molecule has 1 aromatic rings. The number of carbonyl (C=O) groups is 2. The molecule has 0 aromatic heterocycles. The van der Waals surface area contributed by atoms with E-state index < -0.39 is 42.9 Å². The second kappa shape index (κ2) is 8.25. The zero-order chi connectivity index (χ0) is 22.2. The number of likely N-dealkylation sites (tertiary alicyclic amines) is 1. The number of nitrogens with zero attached hydrogens (tertiary/aromatic N) is 2. The van der Waals surface area contributed by atoms with Crippen LogP contribution in [0.1, 0.15) is 35.1 Å². The van der Waals surface area contributed by atoms with Crippen molar-refractivity contribution >= 4 is 17.3 Å². The first kappa shape index (κ1) is 22.1. The van der Waals surface area contributed by atoms with Crippen molar-refractivity contribution in [2.24, 2.45) is 5.92 Å². The van der Waals surface area contributed by atoms with Crippen molar-refractivity contribution in [3.63, 3.8) is 0 Å². The van der Waals surface area contributed by atoms with Crippen LogP contribution in [0.3, 0.4) is 0 Å². The number of halogens is 2. The lowest BCUT2D eigenvalue weighted by Crippen LogP contribution is -2.60. The van der Waals surface area contributed by atoms with Gasteiger partial charge in [0.2, 0.25) is 0 Å². The van der Waals surface area contributed by atoms with Crippen LogP contribution in [0, 0.1) is 31.1 Å². The van der Waals surface area contributed by atoms with Crippen LogP contribution in [-0.2, 0) is 9.59 Å². The van der Waals surface area contributed by atoms with Crippen LogP contribution in [0.25, 0.3) is 5.57 Å². The molecule has 2 N–H and O–H groups in total. The van der Waals surface area contributed by atoms with E-state index in [9.17, 15) is 28.7 Å². The molecule has 0 spiro atoms. The van der Waals surface area contributed by atoms with E-state index in [4.69, 9.17) is 0 Å². The number of hydrogen-bond acceptors (Lipinski definition) is 5. The molecule has 160 valence electrons. The molecule has 2 heterocycles. The molecule has 1 aromatic carbocycles. The minimum absolute atomic E-state index is 0.330. The molecule has 6 nitrogen and oxygen atoms in total. The summed E-state index contributed by atoms with van der Waals surface area (Å²) in [5.41, 5.74) is 4.13. The molecule has 3 atom stereocenters. The van der Waals surface area contributed by atoms with Crippen LogP contribution < -0.4 is 5.32 Å². The number of ketones is 1. The molecule has 1 unspecified atom stereocenters. The summed E-state index contributed by atoms with van der Waals surface area (Å²) in [4.78, 5) is 26.0. The fourth-order valence-electron chi connectivity index (χ4n) is 4.57. The molecular formula is C22H25F2N3O3. The van der Waals surface area contributed by atoms with Crippen molar-refractivity contribution in [3.8, 4) is 6.07 Å². The molecule has 0 aliphatic carbocycles. The van der Waals surface area contributed by atoms with Gasteiger partial charge in [0.25, 0.3) is 5.92 Å². The highest BCUT2D eigenvalue weighted by molar-refractivity contribution is 5.95. The summed E-state index contributed by atoms with van der Waals surface area (Å²) in [6.07, 6.45) is 1.45. The Morgan fingerprint density at radius 1 is 1.30 bits per heavy atom. The molecule has 1 saturated heterocycles. The predicted octanol–water partition coefficient (Wildman–Crippen LogP) is 2.53. The molecule has 3 rings (SSSR count). The van der Waals surface area contributed by atoms with Crippen LogP contribution in [0.5, 0.6) is 0 Å². The number of nitriles is 1. The Hall–Kier alpha value is -2.63. The van der Waals surface area contributed by atoms with E-state index in [1.807, 2.05) is 32.1 Å². The molecular weight excluding hydrogens is 392 g/mol. The topological polar surface area (TPSA) is 93.4 Å². The summed E-state index contributed by atoms with van der Waals surface area (Å²) in [5.74, 6) is -6.36. The smallest absolute Gasteiger partial charge is 0.308 e. The van der Waals surface area contributed by atoms with Crippen molar-refractivity contribution in [2.75, 3.05) is 20.1 Å². The highest BCUT2D eigenvalue weighted by Crippen LogP contribution is 2.36. The third-order valence-electron chi connectivity index (χ3n) is 5.96. The normalized spacial score (nSPS) is 26.5. The fraction of sp³-hybridized carbons (Fsp3) is 0.500. The first-order chi connectivity index (χ1) is 14.0. The maximum absolute atomic E-state index is 13.9. The molecule has 2 aliphatic rings. The number of Topliss-reactive ketones (excluding diaryl/α,β-unsaturated/α-hetero) is 1. The largest absolute Gasteiger partial charge is 0.481 e. The lowest BCUT2D eigenvalue weighted by atomic mass is 9.80. The van der Waals surface area contributed by atoms with Gasteiger partial charge in [0.05, 0.1) is 36.2 Å². The summed E-state index contributed by atoms with van der Waals surface area (Å²) < 4.78 is 27.8. The summed E-state index contributed by atoms with van der Waals surface area (Å²) >= 11 is 0. The summed E-state index contributed by atoms with van der Waals surface area (Å²) in [7, 11) is 1.37. The summed E-state index contributed by atoms with van der Waals surface area (Å²) in [6, 6.07) is 4.21. The molecule has 1 fully saturated rings. The minimum Gasteiger partial charge on any atom is -0.481 e. The third-order valence-corrected chi connectivity index (χ3v) is 5.96. The quantitative estimate of drug-likeness (QED) is 0.782. The van der Waals surface area contributed by atoms with Gasteiger partial charge >= 0.3 is 5.97 Å². The second-order valence-electron chi connectivity index (χ2n) is 8.26. The van der Waals surface area contributed by atoms with Gasteiger partial charge < -0.3 is 10.4 Å². The van der Waals surface area contributed by atoms with Crippen molar-refractivity contribution in [1.29, 1.82) is 5.26 Å². The molecule has 0 radical (unpaired) electrons. The van der Waals surface area contributed by atoms with Gasteiger partial charge in [0, 0.05) is 13.0 Å². The number of nitrogens with one attached hydrogen (secondary N) is 1. The highest BCUT2D eigenvalue weighted by atomic mass is 19.3. The average molecular weight is 417 g/mol. The van der Waals surface area contributed by atoms with Crippen LogP contribution in [0.2, 0.25) is 0 Å². The Bertz CT molecular complexity index is 928. The Labute approximate surface area is 174 Å². The van der Waals surface area contributed by atoms with E-state index in [0.717, 1.165) is 22.3 Å². The van der Waals surface area contributed by atoms with Gasteiger partial charge in [-0.05, 0) is 49.6 Å². The van der Waals surface area contributed by atoms with E-state index in [-0.39, 0.29) is 5.78 Å². The first-order valence-electron chi connectivity index (χ1n) is 9.83. The monoisotopic (exact) mass is 417 g/mol. The predicted molar refractivity (Wildman–Crippen MR) is 107 cm³/mol. The maximum Gasteiger partial charge on any atom is 0.308 e. The average Bonchev–Trinajstić information content (AvgIpc) is 2.66. The number of carbonyl (C=O) groups excluding carboxylic acids is 1. The second-order valence-corrected chi connectivity index (χ2v) is 8.26. The summed E-state index contributed by atoms with van der Waals surface area (Å²) in [5, 5.41) is 21.8. The van der Waals surface area contributed by atoms with Gasteiger partial charge in [-0.25, -0.2) is 8.78 Å². The van der Waals surface area contributed by atoms with E-state index in [0.29, 0.717) is 18.5 Å². The van der Waals surface area contributed by atoms with Crippen LogP contribution >= 0.6 is 0 Å². The van der Waals surface area contributed by atoms with Gasteiger partial charge in [-0.3, -0.25) is 14.5 Å². The van der Waals surface area contributed by atoms with Gasteiger partial charge in [-0.15, -0.1) is 0 Å². The Balaban J connectivity index is 1.84. The lowest BCUT2D eigenvalue weighted by molar-refractivity contribution is -0.163. The maximum atomic E-state index is 13.9. The number of carboxylic acids is 1. The fourth-order valence-corrected chi connectivity index (χ4v) is 4.57. The van der Waals surface area contributed by atoms with Gasteiger partial charge in [-0.1, -0.05) is 18.2 Å². The number of hydrogen-bond donors (Lipinski definition) is 2. The number of aliphatic carboxylic acids is 1. The Morgan fingerprint density at radius 2 is 1.93 bits per heavy atom. The molecule has 0 saturated carbocycles. The number of piperidine rings is 1. The molecule has 8 heteroatoms. The molecule has 30 heavy (non-hydrogen) atoms. The number of aryl methyl sites for hydroxylation is 2. The summed E-state index contributed by atoms with van der Waals surface area (Å²) in [6.45, 7) is 3.48. The molecule has 0 bridgehead atoms. The van der Waals surface area contributed by atoms with Crippen LogP contribution in [-0.4, -0.2) is 59.9 Å². The SMILES string of the molecule is Cc1cc(C2=CCNC(C(=O)[C@@H]3[C@@H](C(=O)O)CC(F)(F)CN3C)C2)cc(C)c1C#N. The number of rotatable bonds is 4.